The van der Waals surface area contributed by atoms with Gasteiger partial charge in [-0.05, 0) is 13.8 Å². The van der Waals surface area contributed by atoms with Gasteiger partial charge in [-0.1, -0.05) is 13.8 Å². The minimum absolute atomic E-state index is 0.0376. The number of hydrogen-bond acceptors (Lipinski definition) is 8. The highest BCUT2D eigenvalue weighted by Crippen LogP contribution is 2.51. The monoisotopic (exact) mass is 415 g/mol. The van der Waals surface area contributed by atoms with E-state index in [1.54, 1.807) is 18.4 Å². The number of nitrogens with one attached hydrogen (secondary N) is 1. The largest absolute Gasteiger partial charge is 0.376 e. The fourth-order valence-electron chi connectivity index (χ4n) is 2.89. The number of H-pyrrole nitrogens is 1. The van der Waals surface area contributed by atoms with Gasteiger partial charge >= 0.3 is 7.60 Å². The molecule has 2 unspecified atom stereocenters. The number of rotatable bonds is 7. The first-order valence-corrected chi connectivity index (χ1v) is 10.7. The fraction of sp³-hybridized carbons (Fsp3) is 0.688. The SMILES string of the molecule is CC(C)OC[C@H]1O[C@@H](n2cnc3c(=O)[nH]c(N)nc32)CC1OP(=O)(O)C(C)C. The highest BCUT2D eigenvalue weighted by Gasteiger charge is 2.42. The zero-order chi connectivity index (χ0) is 20.6. The van der Waals surface area contributed by atoms with Gasteiger partial charge in [0.25, 0.3) is 5.56 Å². The van der Waals surface area contributed by atoms with Crippen molar-refractivity contribution in [2.45, 2.75) is 64.3 Å². The molecule has 0 bridgehead atoms. The van der Waals surface area contributed by atoms with Crippen molar-refractivity contribution >= 4 is 24.7 Å². The molecule has 11 nitrogen and oxygen atoms in total. The van der Waals surface area contributed by atoms with Crippen LogP contribution >= 0.6 is 7.60 Å². The predicted octanol–water partition coefficient (Wildman–Crippen LogP) is 1.39. The first-order chi connectivity index (χ1) is 13.1. The summed E-state index contributed by atoms with van der Waals surface area (Å²) in [5.41, 5.74) is 5.04. The molecule has 0 spiro atoms. The van der Waals surface area contributed by atoms with E-state index in [4.69, 9.17) is 19.7 Å². The van der Waals surface area contributed by atoms with Crippen LogP contribution in [0.3, 0.4) is 0 Å². The second-order valence-corrected chi connectivity index (χ2v) is 9.70. The second kappa shape index (κ2) is 7.92. The molecule has 0 aliphatic carbocycles. The summed E-state index contributed by atoms with van der Waals surface area (Å²) >= 11 is 0. The summed E-state index contributed by atoms with van der Waals surface area (Å²) in [6.45, 7) is 7.21. The van der Waals surface area contributed by atoms with Crippen LogP contribution in [0.15, 0.2) is 11.1 Å². The molecule has 0 radical (unpaired) electrons. The zero-order valence-corrected chi connectivity index (χ0v) is 17.1. The Kier molecular flexibility index (Phi) is 5.92. The van der Waals surface area contributed by atoms with E-state index >= 15 is 0 Å². The van der Waals surface area contributed by atoms with Crippen LogP contribution in [0.1, 0.15) is 40.3 Å². The van der Waals surface area contributed by atoms with E-state index in [2.05, 4.69) is 15.0 Å². The van der Waals surface area contributed by atoms with Crippen LogP contribution in [0.2, 0.25) is 0 Å². The van der Waals surface area contributed by atoms with Gasteiger partial charge in [0.15, 0.2) is 11.2 Å². The highest BCUT2D eigenvalue weighted by molar-refractivity contribution is 7.53. The van der Waals surface area contributed by atoms with E-state index in [0.717, 1.165) is 0 Å². The number of fused-ring (bicyclic) bond motifs is 1. The van der Waals surface area contributed by atoms with Crippen LogP contribution in [0.25, 0.3) is 11.2 Å². The molecule has 1 aliphatic heterocycles. The smallest absolute Gasteiger partial charge is 0.330 e. The Morgan fingerprint density at radius 3 is 2.82 bits per heavy atom. The minimum Gasteiger partial charge on any atom is -0.376 e. The Bertz CT molecular complexity index is 941. The van der Waals surface area contributed by atoms with Crippen molar-refractivity contribution in [2.24, 2.45) is 0 Å². The van der Waals surface area contributed by atoms with E-state index in [9.17, 15) is 14.3 Å². The van der Waals surface area contributed by atoms with Crippen LogP contribution in [-0.2, 0) is 18.6 Å². The lowest BCUT2D eigenvalue weighted by Crippen LogP contribution is -2.30. The molecule has 4 N–H and O–H groups in total. The number of aromatic nitrogens is 4. The van der Waals surface area contributed by atoms with E-state index in [1.165, 1.54) is 6.33 Å². The third-order valence-corrected chi connectivity index (χ3v) is 6.35. The third-order valence-electron chi connectivity index (χ3n) is 4.47. The number of imidazole rings is 1. The molecule has 2 aromatic heterocycles. The van der Waals surface area contributed by atoms with E-state index in [0.29, 0.717) is 0 Å². The number of nitrogens with zero attached hydrogens (tertiary/aromatic N) is 3. The molecular formula is C16H26N5O6P. The van der Waals surface area contributed by atoms with Crippen LogP contribution in [-0.4, -0.2) is 55.0 Å². The lowest BCUT2D eigenvalue weighted by molar-refractivity contribution is -0.0705. The van der Waals surface area contributed by atoms with E-state index < -0.39 is 37.2 Å². The van der Waals surface area contributed by atoms with Gasteiger partial charge in [0.05, 0.1) is 30.8 Å². The molecule has 2 aromatic rings. The first kappa shape index (κ1) is 20.9. The number of aromatic amines is 1. The standard InChI is InChI=1S/C16H26N5O6P/c1-8(2)25-6-11-10(27-28(23,24)9(3)4)5-12(26-11)21-7-18-13-14(21)19-16(17)20-15(13)22/h7-12H,5-6H2,1-4H3,(H,23,24)(H3,17,19,20,22)/t10?,11-,12-/m1/s1. The topological polar surface area (TPSA) is 155 Å². The fourth-order valence-corrected chi connectivity index (χ4v) is 3.74. The zero-order valence-electron chi connectivity index (χ0n) is 16.2. The summed E-state index contributed by atoms with van der Waals surface area (Å²) in [6.07, 6.45) is -0.175. The second-order valence-electron chi connectivity index (χ2n) is 7.32. The number of anilines is 1. The summed E-state index contributed by atoms with van der Waals surface area (Å²) < 4.78 is 31.2. The molecule has 12 heteroatoms. The van der Waals surface area contributed by atoms with Crippen molar-refractivity contribution in [2.75, 3.05) is 12.3 Å². The molecule has 4 atom stereocenters. The first-order valence-electron chi connectivity index (χ1n) is 9.08. The number of nitrogen functional groups attached to an aromatic ring is 1. The van der Waals surface area contributed by atoms with Crippen molar-refractivity contribution in [3.63, 3.8) is 0 Å². The molecule has 1 saturated heterocycles. The lowest BCUT2D eigenvalue weighted by atomic mass is 10.2. The quantitative estimate of drug-likeness (QED) is 0.569. The van der Waals surface area contributed by atoms with Crippen LogP contribution < -0.4 is 11.3 Å². The van der Waals surface area contributed by atoms with Gasteiger partial charge in [-0.3, -0.25) is 18.9 Å². The van der Waals surface area contributed by atoms with Gasteiger partial charge in [0.2, 0.25) is 5.95 Å². The summed E-state index contributed by atoms with van der Waals surface area (Å²) in [5.74, 6) is -0.0376. The van der Waals surface area contributed by atoms with Gasteiger partial charge in [0.1, 0.15) is 12.3 Å². The average molecular weight is 415 g/mol. The molecule has 1 aliphatic rings. The maximum atomic E-state index is 12.4. The Hall–Kier alpha value is -1.78. The molecule has 1 fully saturated rings. The third kappa shape index (κ3) is 4.28. The van der Waals surface area contributed by atoms with Crippen LogP contribution in [0.5, 0.6) is 0 Å². The van der Waals surface area contributed by atoms with Gasteiger partial charge < -0.3 is 24.6 Å². The maximum absolute atomic E-state index is 12.4. The van der Waals surface area contributed by atoms with Crippen molar-refractivity contribution in [3.05, 3.63) is 16.7 Å². The predicted molar refractivity (Wildman–Crippen MR) is 102 cm³/mol. The van der Waals surface area contributed by atoms with E-state index in [-0.39, 0.29) is 36.2 Å². The highest BCUT2D eigenvalue weighted by atomic mass is 31.2. The van der Waals surface area contributed by atoms with Gasteiger partial charge in [-0.25, -0.2) is 4.98 Å². The molecule has 156 valence electrons. The van der Waals surface area contributed by atoms with Crippen LogP contribution in [0.4, 0.5) is 5.95 Å². The molecule has 0 saturated carbocycles. The lowest BCUT2D eigenvalue weighted by Gasteiger charge is -2.24. The van der Waals surface area contributed by atoms with Crippen molar-refractivity contribution in [3.8, 4) is 0 Å². The van der Waals surface area contributed by atoms with Gasteiger partial charge in [0, 0.05) is 6.42 Å². The van der Waals surface area contributed by atoms with Gasteiger partial charge in [-0.2, -0.15) is 4.98 Å². The molecule has 3 rings (SSSR count). The Balaban J connectivity index is 1.89. The summed E-state index contributed by atoms with van der Waals surface area (Å²) in [6, 6.07) is 0. The summed E-state index contributed by atoms with van der Waals surface area (Å²) in [7, 11) is -3.82. The minimum atomic E-state index is -3.82. The maximum Gasteiger partial charge on any atom is 0.330 e. The molecular weight excluding hydrogens is 389 g/mol. The number of ether oxygens (including phenoxy) is 2. The Labute approximate surface area is 161 Å². The summed E-state index contributed by atoms with van der Waals surface area (Å²) in [5, 5.41) is 0. The average Bonchev–Trinajstić information content (AvgIpc) is 3.16. The summed E-state index contributed by atoms with van der Waals surface area (Å²) in [4.78, 5) is 32.7. The van der Waals surface area contributed by atoms with E-state index in [1.807, 2.05) is 13.8 Å². The number of nitrogens with two attached hydrogens (primary N) is 1. The van der Waals surface area contributed by atoms with Gasteiger partial charge in [-0.15, -0.1) is 0 Å². The normalized spacial score (nSPS) is 25.0. The van der Waals surface area contributed by atoms with Crippen LogP contribution in [0, 0.1) is 0 Å². The Morgan fingerprint density at radius 2 is 2.18 bits per heavy atom. The molecule has 0 aromatic carbocycles. The van der Waals surface area contributed by atoms with Crippen molar-refractivity contribution in [1.29, 1.82) is 0 Å². The van der Waals surface area contributed by atoms with Crippen molar-refractivity contribution < 1.29 is 23.5 Å². The molecule has 3 heterocycles. The number of hydrogen-bond donors (Lipinski definition) is 3. The Morgan fingerprint density at radius 1 is 1.46 bits per heavy atom. The molecule has 28 heavy (non-hydrogen) atoms. The molecule has 0 amide bonds. The van der Waals surface area contributed by atoms with Crippen molar-refractivity contribution in [1.82, 2.24) is 19.5 Å².